The van der Waals surface area contributed by atoms with Gasteiger partial charge in [-0.25, -0.2) is 4.68 Å². The van der Waals surface area contributed by atoms with E-state index in [1.54, 1.807) is 36.7 Å². The van der Waals surface area contributed by atoms with E-state index in [0.717, 1.165) is 22.3 Å². The van der Waals surface area contributed by atoms with Gasteiger partial charge in [0.05, 0.1) is 16.3 Å². The van der Waals surface area contributed by atoms with E-state index < -0.39 is 4.92 Å². The summed E-state index contributed by atoms with van der Waals surface area (Å²) in [6, 6.07) is 17.4. The molecule has 4 aromatic rings. The molecule has 32 heavy (non-hydrogen) atoms. The Labute approximate surface area is 184 Å². The van der Waals surface area contributed by atoms with E-state index in [4.69, 9.17) is 0 Å². The fourth-order valence-electron chi connectivity index (χ4n) is 3.30. The van der Waals surface area contributed by atoms with E-state index in [1.165, 1.54) is 16.8 Å². The molecule has 2 aromatic carbocycles. The topological polar surface area (TPSA) is 103 Å². The molecule has 0 aliphatic carbocycles. The van der Waals surface area contributed by atoms with E-state index in [-0.39, 0.29) is 17.3 Å². The third kappa shape index (κ3) is 4.39. The van der Waals surface area contributed by atoms with Gasteiger partial charge in [-0.05, 0) is 54.8 Å². The summed E-state index contributed by atoms with van der Waals surface area (Å²) < 4.78 is 1.44. The van der Waals surface area contributed by atoms with Crippen molar-refractivity contribution in [1.29, 1.82) is 0 Å². The Kier molecular flexibility index (Phi) is 5.76. The predicted molar refractivity (Wildman–Crippen MR) is 121 cm³/mol. The van der Waals surface area contributed by atoms with Crippen molar-refractivity contribution in [1.82, 2.24) is 20.1 Å². The first-order chi connectivity index (χ1) is 15.4. The molecule has 8 heteroatoms. The fraction of sp³-hybridized carbons (Fsp3) is 0.125. The quantitative estimate of drug-likeness (QED) is 0.363. The zero-order chi connectivity index (χ0) is 22.7. The maximum absolute atomic E-state index is 13.1. The van der Waals surface area contributed by atoms with Crippen LogP contribution in [0.25, 0.3) is 16.9 Å². The SMILES string of the molecule is Cc1ccc(-c2cc(C(=O)NCc3cccnc3)n(-c3cccc([N+](=O)[O-])c3)n2)cc1C. The van der Waals surface area contributed by atoms with Gasteiger partial charge in [0.1, 0.15) is 5.69 Å². The van der Waals surface area contributed by atoms with Crippen LogP contribution < -0.4 is 5.32 Å². The van der Waals surface area contributed by atoms with Crippen LogP contribution in [0.3, 0.4) is 0 Å². The third-order valence-corrected chi connectivity index (χ3v) is 5.21. The number of nitro benzene ring substituents is 1. The highest BCUT2D eigenvalue weighted by Gasteiger charge is 2.19. The second-order valence-corrected chi connectivity index (χ2v) is 7.45. The number of aryl methyl sites for hydroxylation is 2. The molecule has 2 heterocycles. The van der Waals surface area contributed by atoms with Crippen molar-refractivity contribution >= 4 is 11.6 Å². The zero-order valence-corrected chi connectivity index (χ0v) is 17.6. The van der Waals surface area contributed by atoms with Crippen LogP contribution in [0.5, 0.6) is 0 Å². The smallest absolute Gasteiger partial charge is 0.271 e. The molecular formula is C24H21N5O3. The minimum Gasteiger partial charge on any atom is -0.347 e. The molecule has 1 N–H and O–H groups in total. The van der Waals surface area contributed by atoms with Crippen LogP contribution in [0.2, 0.25) is 0 Å². The number of aromatic nitrogens is 3. The normalized spacial score (nSPS) is 10.7. The molecule has 0 aliphatic heterocycles. The molecule has 0 atom stereocenters. The van der Waals surface area contributed by atoms with Gasteiger partial charge in [-0.15, -0.1) is 0 Å². The first kappa shape index (κ1) is 20.9. The molecule has 4 rings (SSSR count). The summed E-state index contributed by atoms with van der Waals surface area (Å²) in [5.74, 6) is -0.344. The Balaban J connectivity index is 1.75. The molecule has 160 valence electrons. The highest BCUT2D eigenvalue weighted by Crippen LogP contribution is 2.25. The van der Waals surface area contributed by atoms with E-state index in [2.05, 4.69) is 15.4 Å². The van der Waals surface area contributed by atoms with Crippen molar-refractivity contribution in [3.05, 3.63) is 106 Å². The minimum atomic E-state index is -0.473. The van der Waals surface area contributed by atoms with Crippen molar-refractivity contribution in [3.8, 4) is 16.9 Å². The molecule has 0 radical (unpaired) electrons. The molecule has 0 bridgehead atoms. The maximum atomic E-state index is 13.1. The van der Waals surface area contributed by atoms with E-state index in [0.29, 0.717) is 17.9 Å². The monoisotopic (exact) mass is 427 g/mol. The highest BCUT2D eigenvalue weighted by molar-refractivity contribution is 5.94. The van der Waals surface area contributed by atoms with Gasteiger partial charge in [0.2, 0.25) is 0 Å². The minimum absolute atomic E-state index is 0.0764. The van der Waals surface area contributed by atoms with Crippen molar-refractivity contribution < 1.29 is 9.72 Å². The summed E-state index contributed by atoms with van der Waals surface area (Å²) in [4.78, 5) is 27.9. The van der Waals surface area contributed by atoms with Crippen molar-refractivity contribution in [2.75, 3.05) is 0 Å². The van der Waals surface area contributed by atoms with Crippen LogP contribution in [0.4, 0.5) is 5.69 Å². The molecule has 0 unspecified atom stereocenters. The van der Waals surface area contributed by atoms with Crippen LogP contribution in [0.1, 0.15) is 27.2 Å². The lowest BCUT2D eigenvalue weighted by Crippen LogP contribution is -2.25. The summed E-state index contributed by atoms with van der Waals surface area (Å²) in [7, 11) is 0. The second kappa shape index (κ2) is 8.81. The van der Waals surface area contributed by atoms with Gasteiger partial charge in [0.25, 0.3) is 11.6 Å². The van der Waals surface area contributed by atoms with E-state index >= 15 is 0 Å². The molecule has 0 aliphatic rings. The second-order valence-electron chi connectivity index (χ2n) is 7.45. The molecule has 1 amide bonds. The van der Waals surface area contributed by atoms with Crippen LogP contribution in [-0.2, 0) is 6.54 Å². The first-order valence-electron chi connectivity index (χ1n) is 10.0. The van der Waals surface area contributed by atoms with Gasteiger partial charge >= 0.3 is 0 Å². The van der Waals surface area contributed by atoms with Crippen LogP contribution in [0.15, 0.2) is 73.1 Å². The van der Waals surface area contributed by atoms with Crippen molar-refractivity contribution in [2.24, 2.45) is 0 Å². The first-order valence-corrected chi connectivity index (χ1v) is 10.0. The zero-order valence-electron chi connectivity index (χ0n) is 17.6. The number of hydrogen-bond acceptors (Lipinski definition) is 5. The van der Waals surface area contributed by atoms with Gasteiger partial charge in [-0.1, -0.05) is 24.3 Å². The van der Waals surface area contributed by atoms with Gasteiger partial charge in [0, 0.05) is 36.6 Å². The lowest BCUT2D eigenvalue weighted by Gasteiger charge is -2.08. The van der Waals surface area contributed by atoms with Gasteiger partial charge in [-0.3, -0.25) is 19.9 Å². The summed E-state index contributed by atoms with van der Waals surface area (Å²) in [5, 5.41) is 18.7. The number of carbonyl (C=O) groups excluding carboxylic acids is 1. The lowest BCUT2D eigenvalue weighted by atomic mass is 10.0. The average molecular weight is 427 g/mol. The number of hydrogen-bond donors (Lipinski definition) is 1. The molecular weight excluding hydrogens is 406 g/mol. The van der Waals surface area contributed by atoms with Crippen LogP contribution in [0, 0.1) is 24.0 Å². The number of non-ortho nitro benzene ring substituents is 1. The standard InChI is InChI=1S/C24H21N5O3/c1-16-8-9-19(11-17(16)2)22-13-23(24(30)26-15-18-5-4-10-25-14-18)28(27-22)20-6-3-7-21(12-20)29(31)32/h3-14H,15H2,1-2H3,(H,26,30). The number of amides is 1. The number of benzene rings is 2. The Morgan fingerprint density at radius 2 is 1.91 bits per heavy atom. The number of carbonyl (C=O) groups is 1. The molecule has 0 spiro atoms. The summed E-state index contributed by atoms with van der Waals surface area (Å²) >= 11 is 0. The van der Waals surface area contributed by atoms with E-state index in [9.17, 15) is 14.9 Å². The number of nitrogens with one attached hydrogen (secondary N) is 1. The Morgan fingerprint density at radius 3 is 2.62 bits per heavy atom. The van der Waals surface area contributed by atoms with Crippen LogP contribution in [-0.4, -0.2) is 25.6 Å². The molecule has 2 aromatic heterocycles. The van der Waals surface area contributed by atoms with Crippen LogP contribution >= 0.6 is 0 Å². The number of pyridine rings is 1. The van der Waals surface area contributed by atoms with Gasteiger partial charge < -0.3 is 5.32 Å². The molecule has 8 nitrogen and oxygen atoms in total. The van der Waals surface area contributed by atoms with E-state index in [1.807, 2.05) is 38.1 Å². The third-order valence-electron chi connectivity index (χ3n) is 5.21. The Bertz CT molecular complexity index is 1300. The number of nitro groups is 1. The largest absolute Gasteiger partial charge is 0.347 e. The number of nitrogens with zero attached hydrogens (tertiary/aromatic N) is 4. The highest BCUT2D eigenvalue weighted by atomic mass is 16.6. The Morgan fingerprint density at radius 1 is 1.06 bits per heavy atom. The van der Waals surface area contributed by atoms with Crippen molar-refractivity contribution in [3.63, 3.8) is 0 Å². The average Bonchev–Trinajstić information content (AvgIpc) is 3.26. The van der Waals surface area contributed by atoms with Gasteiger partial charge in [0.15, 0.2) is 0 Å². The fourth-order valence-corrected chi connectivity index (χ4v) is 3.30. The molecule has 0 saturated heterocycles. The van der Waals surface area contributed by atoms with Gasteiger partial charge in [-0.2, -0.15) is 5.10 Å². The predicted octanol–water partition coefficient (Wildman–Crippen LogP) is 4.39. The van der Waals surface area contributed by atoms with Crippen molar-refractivity contribution in [2.45, 2.75) is 20.4 Å². The number of rotatable bonds is 6. The maximum Gasteiger partial charge on any atom is 0.271 e. The molecule has 0 fully saturated rings. The molecule has 0 saturated carbocycles. The Hall–Kier alpha value is -4.33. The summed E-state index contributed by atoms with van der Waals surface area (Å²) in [6.45, 7) is 4.34. The summed E-state index contributed by atoms with van der Waals surface area (Å²) in [5.41, 5.74) is 5.22. The summed E-state index contributed by atoms with van der Waals surface area (Å²) in [6.07, 6.45) is 3.34. The lowest BCUT2D eigenvalue weighted by molar-refractivity contribution is -0.384.